The molecule has 0 bridgehead atoms. The third-order valence-corrected chi connectivity index (χ3v) is 8.46. The Morgan fingerprint density at radius 3 is 2.87 bits per heavy atom. The minimum Gasteiger partial charge on any atom is -0.387 e. The Bertz CT molecular complexity index is 1400. The summed E-state index contributed by atoms with van der Waals surface area (Å²) >= 11 is 0. The number of rotatable bonds is 5. The molecule has 0 spiro atoms. The number of nitrogens with one attached hydrogen (secondary N) is 2. The monoisotopic (exact) mass is 439 g/mol. The van der Waals surface area contributed by atoms with Crippen molar-refractivity contribution in [1.82, 2.24) is 14.8 Å². The number of benzene rings is 1. The van der Waals surface area contributed by atoms with E-state index in [4.69, 9.17) is 0 Å². The zero-order valence-electron chi connectivity index (χ0n) is 16.7. The van der Waals surface area contributed by atoms with Crippen molar-refractivity contribution in [3.8, 4) is 6.07 Å². The van der Waals surface area contributed by atoms with Gasteiger partial charge in [0.25, 0.3) is 5.56 Å². The first kappa shape index (κ1) is 19.8. The summed E-state index contributed by atoms with van der Waals surface area (Å²) in [5.74, 6) is 0.681. The standard InChI is InChI=1S/C21H21N5O4S/c1-11-19(27)14-10-13(4-5-17(14)31(11,29)30)24-20-18-16(7-9-23-21(18)28)26(25-20)15(6-8-22)12-2-3-12/h4-5,7,9-12,15,19,27H,2-3,6H2,1H3,(H,23,28)(H,24,25)/t11-,15?,19+/m0/s1. The highest BCUT2D eigenvalue weighted by molar-refractivity contribution is 7.92. The molecule has 1 aliphatic heterocycles. The molecule has 31 heavy (non-hydrogen) atoms. The Kier molecular flexibility index (Phi) is 4.42. The number of anilines is 2. The molecule has 2 aromatic heterocycles. The predicted octanol–water partition coefficient (Wildman–Crippen LogP) is 2.54. The molecule has 1 unspecified atom stereocenters. The molecule has 10 heteroatoms. The molecule has 1 aromatic carbocycles. The summed E-state index contributed by atoms with van der Waals surface area (Å²) in [7, 11) is -3.56. The minimum atomic E-state index is -3.56. The van der Waals surface area contributed by atoms with Crippen LogP contribution in [-0.2, 0) is 9.84 Å². The van der Waals surface area contributed by atoms with E-state index in [0.29, 0.717) is 40.3 Å². The van der Waals surface area contributed by atoms with Crippen molar-refractivity contribution in [2.75, 3.05) is 5.32 Å². The fourth-order valence-electron chi connectivity index (χ4n) is 4.34. The molecule has 1 saturated carbocycles. The van der Waals surface area contributed by atoms with Crippen LogP contribution in [0.2, 0.25) is 0 Å². The Hall–Kier alpha value is -3.16. The van der Waals surface area contributed by atoms with Gasteiger partial charge in [0.15, 0.2) is 15.7 Å². The second kappa shape index (κ2) is 6.93. The van der Waals surface area contributed by atoms with E-state index in [1.54, 1.807) is 29.1 Å². The summed E-state index contributed by atoms with van der Waals surface area (Å²) in [6, 6.07) is 8.51. The lowest BCUT2D eigenvalue weighted by Crippen LogP contribution is -2.16. The average Bonchev–Trinajstić information content (AvgIpc) is 3.50. The molecule has 0 saturated heterocycles. The fraction of sp³-hybridized carbons (Fsp3) is 0.381. The summed E-state index contributed by atoms with van der Waals surface area (Å²) in [6.45, 7) is 1.48. The number of nitriles is 1. The number of aromatic amines is 1. The van der Waals surface area contributed by atoms with E-state index in [-0.39, 0.29) is 16.5 Å². The van der Waals surface area contributed by atoms with Crippen molar-refractivity contribution in [2.24, 2.45) is 5.92 Å². The van der Waals surface area contributed by atoms with E-state index in [9.17, 15) is 23.6 Å². The van der Waals surface area contributed by atoms with Crippen LogP contribution in [-0.4, -0.2) is 33.5 Å². The highest BCUT2D eigenvalue weighted by Crippen LogP contribution is 2.43. The first-order valence-corrected chi connectivity index (χ1v) is 11.7. The largest absolute Gasteiger partial charge is 0.387 e. The Labute approximate surface area is 178 Å². The molecular formula is C21H21N5O4S. The highest BCUT2D eigenvalue weighted by atomic mass is 32.2. The van der Waals surface area contributed by atoms with Crippen LogP contribution in [0.4, 0.5) is 11.5 Å². The van der Waals surface area contributed by atoms with Crippen LogP contribution < -0.4 is 10.9 Å². The van der Waals surface area contributed by atoms with Crippen LogP contribution >= 0.6 is 0 Å². The third-order valence-electron chi connectivity index (χ3n) is 6.24. The van der Waals surface area contributed by atoms with Gasteiger partial charge in [-0.2, -0.15) is 10.4 Å². The average molecular weight is 439 g/mol. The van der Waals surface area contributed by atoms with Crippen LogP contribution in [0.25, 0.3) is 10.9 Å². The van der Waals surface area contributed by atoms with Crippen LogP contribution in [0.15, 0.2) is 40.2 Å². The molecule has 3 atom stereocenters. The van der Waals surface area contributed by atoms with E-state index in [1.165, 1.54) is 13.0 Å². The maximum atomic E-state index is 12.6. The molecule has 9 nitrogen and oxygen atoms in total. The van der Waals surface area contributed by atoms with Gasteiger partial charge in [0.2, 0.25) is 0 Å². The van der Waals surface area contributed by atoms with E-state index in [0.717, 1.165) is 12.8 Å². The zero-order valence-corrected chi connectivity index (χ0v) is 17.6. The van der Waals surface area contributed by atoms with Crippen molar-refractivity contribution in [2.45, 2.75) is 48.5 Å². The van der Waals surface area contributed by atoms with Crippen LogP contribution in [0.1, 0.15) is 43.9 Å². The third kappa shape index (κ3) is 3.04. The summed E-state index contributed by atoms with van der Waals surface area (Å²) in [4.78, 5) is 15.4. The van der Waals surface area contributed by atoms with Crippen molar-refractivity contribution >= 4 is 32.2 Å². The smallest absolute Gasteiger partial charge is 0.261 e. The predicted molar refractivity (Wildman–Crippen MR) is 114 cm³/mol. The number of fused-ring (bicyclic) bond motifs is 2. The Morgan fingerprint density at radius 2 is 2.16 bits per heavy atom. The number of aliphatic hydroxyl groups excluding tert-OH is 1. The van der Waals surface area contributed by atoms with E-state index < -0.39 is 21.2 Å². The SMILES string of the molecule is C[C@H]1[C@@H](O)c2cc(Nc3nn(C(CC#N)C4CC4)c4cc[nH]c(=O)c34)ccc2S1(=O)=O. The first-order chi connectivity index (χ1) is 14.8. The van der Waals surface area contributed by atoms with E-state index in [2.05, 4.69) is 21.5 Å². The lowest BCUT2D eigenvalue weighted by Gasteiger charge is -2.14. The van der Waals surface area contributed by atoms with Crippen LogP contribution in [0.3, 0.4) is 0 Å². The van der Waals surface area contributed by atoms with Gasteiger partial charge >= 0.3 is 0 Å². The molecule has 1 fully saturated rings. The first-order valence-electron chi connectivity index (χ1n) is 10.1. The molecule has 0 radical (unpaired) electrons. The van der Waals surface area contributed by atoms with Gasteiger partial charge in [0.1, 0.15) is 5.39 Å². The van der Waals surface area contributed by atoms with Gasteiger partial charge in [-0.1, -0.05) is 0 Å². The molecule has 0 amide bonds. The van der Waals surface area contributed by atoms with Gasteiger partial charge < -0.3 is 15.4 Å². The Morgan fingerprint density at radius 1 is 1.39 bits per heavy atom. The van der Waals surface area contributed by atoms with E-state index >= 15 is 0 Å². The van der Waals surface area contributed by atoms with Crippen molar-refractivity contribution < 1.29 is 13.5 Å². The maximum Gasteiger partial charge on any atom is 0.261 e. The van der Waals surface area contributed by atoms with Gasteiger partial charge in [-0.15, -0.1) is 0 Å². The molecule has 5 rings (SSSR count). The van der Waals surface area contributed by atoms with Gasteiger partial charge in [-0.05, 0) is 49.9 Å². The normalized spacial score (nSPS) is 22.7. The van der Waals surface area contributed by atoms with Crippen molar-refractivity contribution in [3.05, 3.63) is 46.4 Å². The summed E-state index contributed by atoms with van der Waals surface area (Å²) < 4.78 is 26.6. The molecule has 3 aromatic rings. The zero-order chi connectivity index (χ0) is 21.9. The van der Waals surface area contributed by atoms with Crippen molar-refractivity contribution in [1.29, 1.82) is 5.26 Å². The number of pyridine rings is 1. The summed E-state index contributed by atoms with van der Waals surface area (Å²) in [5, 5.41) is 26.9. The molecule has 3 heterocycles. The van der Waals surface area contributed by atoms with Gasteiger partial charge in [-0.25, -0.2) is 8.42 Å². The van der Waals surface area contributed by atoms with E-state index in [1.807, 2.05) is 0 Å². The number of sulfone groups is 1. The van der Waals surface area contributed by atoms with Gasteiger partial charge in [0, 0.05) is 17.4 Å². The lowest BCUT2D eigenvalue weighted by molar-refractivity contribution is 0.179. The second-order valence-electron chi connectivity index (χ2n) is 8.20. The number of nitrogens with zero attached hydrogens (tertiary/aromatic N) is 3. The number of aromatic nitrogens is 3. The number of H-pyrrole nitrogens is 1. The second-order valence-corrected chi connectivity index (χ2v) is 10.5. The molecule has 2 aliphatic rings. The van der Waals surface area contributed by atoms with Crippen LogP contribution in [0, 0.1) is 17.2 Å². The Balaban J connectivity index is 1.60. The minimum absolute atomic E-state index is 0.113. The number of hydrogen-bond acceptors (Lipinski definition) is 7. The van der Waals surface area contributed by atoms with Crippen molar-refractivity contribution in [3.63, 3.8) is 0 Å². The lowest BCUT2D eigenvalue weighted by atomic mass is 10.1. The molecule has 1 aliphatic carbocycles. The summed E-state index contributed by atoms with van der Waals surface area (Å²) in [5.41, 5.74) is 1.17. The molecule has 3 N–H and O–H groups in total. The fourth-order valence-corrected chi connectivity index (χ4v) is 6.00. The highest BCUT2D eigenvalue weighted by Gasteiger charge is 2.41. The van der Waals surface area contributed by atoms with Gasteiger partial charge in [0.05, 0.1) is 40.3 Å². The quantitative estimate of drug-likeness (QED) is 0.555. The van der Waals surface area contributed by atoms with Gasteiger partial charge in [-0.3, -0.25) is 9.48 Å². The maximum absolute atomic E-state index is 12.6. The number of aliphatic hydroxyl groups is 1. The molecule has 160 valence electrons. The van der Waals surface area contributed by atoms with Crippen LogP contribution in [0.5, 0.6) is 0 Å². The number of hydrogen-bond donors (Lipinski definition) is 3. The summed E-state index contributed by atoms with van der Waals surface area (Å²) in [6.07, 6.45) is 2.79. The topological polar surface area (TPSA) is 141 Å². The molecular weight excluding hydrogens is 418 g/mol.